The van der Waals surface area contributed by atoms with E-state index in [1.165, 1.54) is 0 Å². The van der Waals surface area contributed by atoms with Crippen molar-refractivity contribution in [3.05, 3.63) is 60.4 Å². The zero-order valence-corrected chi connectivity index (χ0v) is 13.9. The first-order valence-corrected chi connectivity index (χ1v) is 8.49. The Morgan fingerprint density at radius 1 is 1.24 bits per heavy atom. The Kier molecular flexibility index (Phi) is 4.24. The van der Waals surface area contributed by atoms with Crippen LogP contribution in [0.5, 0.6) is 5.75 Å². The SMILES string of the molecule is NC(=NCCn1cnc2ccccc21)NC1CCOc2ccccc21. The number of nitrogens with one attached hydrogen (secondary N) is 1. The monoisotopic (exact) mass is 335 g/mol. The Balaban J connectivity index is 1.39. The lowest BCUT2D eigenvalue weighted by Gasteiger charge is -2.26. The first kappa shape index (κ1) is 15.5. The van der Waals surface area contributed by atoms with Crippen LogP contribution in [0.4, 0.5) is 0 Å². The third kappa shape index (κ3) is 3.28. The topological polar surface area (TPSA) is 77.5 Å². The number of aliphatic imine (C=N–C) groups is 1. The number of para-hydroxylation sites is 3. The Hall–Kier alpha value is -3.02. The van der Waals surface area contributed by atoms with E-state index in [1.807, 2.05) is 42.7 Å². The van der Waals surface area contributed by atoms with Crippen LogP contribution in [0.15, 0.2) is 59.9 Å². The van der Waals surface area contributed by atoms with Crippen LogP contribution in [-0.4, -0.2) is 28.7 Å². The first-order valence-electron chi connectivity index (χ1n) is 8.49. The van der Waals surface area contributed by atoms with E-state index in [1.54, 1.807) is 0 Å². The summed E-state index contributed by atoms with van der Waals surface area (Å²) in [7, 11) is 0. The molecule has 0 bridgehead atoms. The standard InChI is InChI=1S/C19H21N5O/c20-19(23-15-9-12-25-18-8-4-1-5-14(15)18)21-10-11-24-13-22-16-6-2-3-7-17(16)24/h1-8,13,15H,9-12H2,(H3,20,21,23). The predicted molar refractivity (Wildman–Crippen MR) is 98.7 cm³/mol. The minimum absolute atomic E-state index is 0.141. The fraction of sp³-hybridized carbons (Fsp3) is 0.263. The second-order valence-electron chi connectivity index (χ2n) is 6.07. The Labute approximate surface area is 146 Å². The van der Waals surface area contributed by atoms with Crippen molar-refractivity contribution in [3.63, 3.8) is 0 Å². The molecule has 0 radical (unpaired) electrons. The van der Waals surface area contributed by atoms with Gasteiger partial charge in [-0.3, -0.25) is 4.99 Å². The van der Waals surface area contributed by atoms with Gasteiger partial charge < -0.3 is 20.4 Å². The average Bonchev–Trinajstić information content (AvgIpc) is 3.05. The van der Waals surface area contributed by atoms with Gasteiger partial charge in [-0.15, -0.1) is 0 Å². The fourth-order valence-corrected chi connectivity index (χ4v) is 3.18. The van der Waals surface area contributed by atoms with Crippen molar-refractivity contribution in [3.8, 4) is 5.75 Å². The predicted octanol–water partition coefficient (Wildman–Crippen LogP) is 2.46. The van der Waals surface area contributed by atoms with Gasteiger partial charge in [0.05, 0.1) is 36.6 Å². The summed E-state index contributed by atoms with van der Waals surface area (Å²) in [6.45, 7) is 2.03. The van der Waals surface area contributed by atoms with E-state index in [0.29, 0.717) is 19.1 Å². The van der Waals surface area contributed by atoms with Crippen LogP contribution in [0.25, 0.3) is 11.0 Å². The summed E-state index contributed by atoms with van der Waals surface area (Å²) in [4.78, 5) is 8.86. The summed E-state index contributed by atoms with van der Waals surface area (Å²) >= 11 is 0. The first-order chi connectivity index (χ1) is 12.3. The highest BCUT2D eigenvalue weighted by molar-refractivity contribution is 5.78. The number of benzene rings is 2. The second-order valence-corrected chi connectivity index (χ2v) is 6.07. The molecule has 0 amide bonds. The van der Waals surface area contributed by atoms with E-state index in [4.69, 9.17) is 10.5 Å². The van der Waals surface area contributed by atoms with Crippen LogP contribution in [0.3, 0.4) is 0 Å². The molecule has 6 heteroatoms. The van der Waals surface area contributed by atoms with Crippen LogP contribution in [0.1, 0.15) is 18.0 Å². The smallest absolute Gasteiger partial charge is 0.189 e. The zero-order chi connectivity index (χ0) is 17.1. The summed E-state index contributed by atoms with van der Waals surface area (Å²) < 4.78 is 7.77. The van der Waals surface area contributed by atoms with Crippen molar-refractivity contribution in [2.24, 2.45) is 10.7 Å². The molecule has 0 fully saturated rings. The molecule has 6 nitrogen and oxygen atoms in total. The molecule has 0 saturated heterocycles. The van der Waals surface area contributed by atoms with Crippen molar-refractivity contribution >= 4 is 17.0 Å². The third-order valence-corrected chi connectivity index (χ3v) is 4.43. The molecule has 1 aliphatic rings. The molecule has 1 aromatic heterocycles. The highest BCUT2D eigenvalue weighted by Crippen LogP contribution is 2.31. The molecule has 3 aromatic rings. The summed E-state index contributed by atoms with van der Waals surface area (Å²) in [5.74, 6) is 1.38. The zero-order valence-electron chi connectivity index (χ0n) is 13.9. The van der Waals surface area contributed by atoms with Gasteiger partial charge in [-0.2, -0.15) is 0 Å². The molecule has 0 spiro atoms. The van der Waals surface area contributed by atoms with Crippen LogP contribution < -0.4 is 15.8 Å². The molecule has 1 aliphatic heterocycles. The van der Waals surface area contributed by atoms with Crippen molar-refractivity contribution in [1.29, 1.82) is 0 Å². The van der Waals surface area contributed by atoms with Gasteiger partial charge in [0.2, 0.25) is 0 Å². The molecule has 128 valence electrons. The maximum atomic E-state index is 6.09. The van der Waals surface area contributed by atoms with Gasteiger partial charge in [-0.1, -0.05) is 30.3 Å². The van der Waals surface area contributed by atoms with Crippen molar-refractivity contribution in [2.45, 2.75) is 19.0 Å². The van der Waals surface area contributed by atoms with Gasteiger partial charge in [-0.25, -0.2) is 4.98 Å². The Morgan fingerprint density at radius 3 is 3.04 bits per heavy atom. The van der Waals surface area contributed by atoms with E-state index in [0.717, 1.165) is 35.3 Å². The van der Waals surface area contributed by atoms with Crippen LogP contribution in [0.2, 0.25) is 0 Å². The molecule has 4 rings (SSSR count). The van der Waals surface area contributed by atoms with Gasteiger partial charge >= 0.3 is 0 Å². The number of ether oxygens (including phenoxy) is 1. The number of hydrogen-bond donors (Lipinski definition) is 2. The summed E-state index contributed by atoms with van der Waals surface area (Å²) in [5, 5.41) is 3.32. The molecular weight excluding hydrogens is 314 g/mol. The average molecular weight is 335 g/mol. The summed E-state index contributed by atoms with van der Waals surface area (Å²) in [6.07, 6.45) is 2.72. The maximum Gasteiger partial charge on any atom is 0.189 e. The molecule has 0 aliphatic carbocycles. The fourth-order valence-electron chi connectivity index (χ4n) is 3.18. The number of aromatic nitrogens is 2. The highest BCUT2D eigenvalue weighted by atomic mass is 16.5. The van der Waals surface area contributed by atoms with Gasteiger partial charge in [0.1, 0.15) is 5.75 Å². The van der Waals surface area contributed by atoms with Crippen LogP contribution >= 0.6 is 0 Å². The molecule has 1 atom stereocenters. The second kappa shape index (κ2) is 6.84. The van der Waals surface area contributed by atoms with E-state index in [-0.39, 0.29) is 6.04 Å². The minimum Gasteiger partial charge on any atom is -0.493 e. The number of nitrogens with zero attached hydrogens (tertiary/aromatic N) is 3. The summed E-state index contributed by atoms with van der Waals surface area (Å²) in [6, 6.07) is 16.3. The van der Waals surface area contributed by atoms with Gasteiger partial charge in [0.25, 0.3) is 0 Å². The molecular formula is C19H21N5O. The lowest BCUT2D eigenvalue weighted by Crippen LogP contribution is -2.37. The maximum absolute atomic E-state index is 6.09. The number of rotatable bonds is 4. The summed E-state index contributed by atoms with van der Waals surface area (Å²) in [5.41, 5.74) is 9.33. The van der Waals surface area contributed by atoms with Crippen molar-refractivity contribution < 1.29 is 4.74 Å². The molecule has 25 heavy (non-hydrogen) atoms. The van der Waals surface area contributed by atoms with E-state index in [2.05, 4.69) is 32.0 Å². The minimum atomic E-state index is 0.141. The molecule has 0 saturated carbocycles. The van der Waals surface area contributed by atoms with E-state index >= 15 is 0 Å². The van der Waals surface area contributed by atoms with Gasteiger partial charge in [0, 0.05) is 18.5 Å². The largest absolute Gasteiger partial charge is 0.493 e. The number of imidazole rings is 1. The Bertz CT molecular complexity index is 901. The number of guanidine groups is 1. The van der Waals surface area contributed by atoms with E-state index < -0.39 is 0 Å². The number of hydrogen-bond acceptors (Lipinski definition) is 3. The van der Waals surface area contributed by atoms with Gasteiger partial charge in [-0.05, 0) is 18.2 Å². The van der Waals surface area contributed by atoms with E-state index in [9.17, 15) is 0 Å². The van der Waals surface area contributed by atoms with Crippen LogP contribution in [-0.2, 0) is 6.54 Å². The lowest BCUT2D eigenvalue weighted by molar-refractivity contribution is 0.262. The third-order valence-electron chi connectivity index (χ3n) is 4.43. The van der Waals surface area contributed by atoms with Gasteiger partial charge in [0.15, 0.2) is 5.96 Å². The molecule has 3 N–H and O–H groups in total. The van der Waals surface area contributed by atoms with Crippen molar-refractivity contribution in [1.82, 2.24) is 14.9 Å². The molecule has 2 heterocycles. The number of fused-ring (bicyclic) bond motifs is 2. The quantitative estimate of drug-likeness (QED) is 0.567. The van der Waals surface area contributed by atoms with Crippen LogP contribution in [0, 0.1) is 0 Å². The molecule has 1 unspecified atom stereocenters. The normalized spacial score (nSPS) is 17.1. The van der Waals surface area contributed by atoms with Crippen molar-refractivity contribution in [2.75, 3.05) is 13.2 Å². The highest BCUT2D eigenvalue weighted by Gasteiger charge is 2.21. The molecule has 2 aromatic carbocycles. The lowest BCUT2D eigenvalue weighted by atomic mass is 10.0. The number of nitrogens with two attached hydrogens (primary N) is 1. The Morgan fingerprint density at radius 2 is 2.08 bits per heavy atom.